The van der Waals surface area contributed by atoms with Gasteiger partial charge in [0, 0.05) is 18.7 Å². The molecule has 1 aliphatic rings. The molecule has 0 spiro atoms. The largest absolute Gasteiger partial charge is 0.492 e. The van der Waals surface area contributed by atoms with E-state index in [2.05, 4.69) is 11.8 Å². The van der Waals surface area contributed by atoms with Crippen LogP contribution in [0.3, 0.4) is 0 Å². The lowest BCUT2D eigenvalue weighted by Crippen LogP contribution is -2.32. The van der Waals surface area contributed by atoms with Crippen LogP contribution >= 0.6 is 0 Å². The zero-order valence-electron chi connectivity index (χ0n) is 11.4. The summed E-state index contributed by atoms with van der Waals surface area (Å²) < 4.78 is 10.9. The average Bonchev–Trinajstić information content (AvgIpc) is 2.60. The Morgan fingerprint density at radius 3 is 3.11 bits per heavy atom. The fourth-order valence-electron chi connectivity index (χ4n) is 2.07. The van der Waals surface area contributed by atoms with Gasteiger partial charge in [-0.25, -0.2) is 0 Å². The highest BCUT2D eigenvalue weighted by molar-refractivity contribution is 5.71. The summed E-state index contributed by atoms with van der Waals surface area (Å²) in [6, 6.07) is 7.97. The fraction of sp³-hybridized carbons (Fsp3) is 0.533. The van der Waals surface area contributed by atoms with Crippen LogP contribution in [0, 0.1) is 0 Å². The Kier molecular flexibility index (Phi) is 5.21. The van der Waals surface area contributed by atoms with Gasteiger partial charge in [-0.05, 0) is 12.5 Å². The van der Waals surface area contributed by atoms with Gasteiger partial charge in [0.05, 0.1) is 13.2 Å². The third kappa shape index (κ3) is 4.24. The number of ether oxygens (including phenoxy) is 2. The SMILES string of the molecule is CCCCOC(=O)CN1CCOc2ccccc2C1. The van der Waals surface area contributed by atoms with Crippen molar-refractivity contribution in [1.82, 2.24) is 4.90 Å². The smallest absolute Gasteiger partial charge is 0.320 e. The quantitative estimate of drug-likeness (QED) is 0.603. The summed E-state index contributed by atoms with van der Waals surface area (Å²) >= 11 is 0. The van der Waals surface area contributed by atoms with Crippen LogP contribution in [0.1, 0.15) is 25.3 Å². The van der Waals surface area contributed by atoms with Gasteiger partial charge in [-0.3, -0.25) is 9.69 Å². The molecule has 0 N–H and O–H groups in total. The molecule has 104 valence electrons. The topological polar surface area (TPSA) is 38.8 Å². The van der Waals surface area contributed by atoms with Gasteiger partial charge in [0.25, 0.3) is 0 Å². The minimum atomic E-state index is -0.146. The molecular formula is C15H21NO3. The lowest BCUT2D eigenvalue weighted by atomic mass is 10.2. The summed E-state index contributed by atoms with van der Waals surface area (Å²) in [5.74, 6) is 0.775. The maximum Gasteiger partial charge on any atom is 0.320 e. The van der Waals surface area contributed by atoms with E-state index >= 15 is 0 Å². The second-order valence-electron chi connectivity index (χ2n) is 4.74. The number of unbranched alkanes of at least 4 members (excludes halogenated alkanes) is 1. The molecule has 1 aromatic carbocycles. The first kappa shape index (κ1) is 13.9. The van der Waals surface area contributed by atoms with Crippen molar-refractivity contribution in [2.75, 3.05) is 26.3 Å². The van der Waals surface area contributed by atoms with Crippen molar-refractivity contribution in [2.45, 2.75) is 26.3 Å². The second-order valence-corrected chi connectivity index (χ2v) is 4.74. The zero-order chi connectivity index (χ0) is 13.5. The van der Waals surface area contributed by atoms with Gasteiger partial charge < -0.3 is 9.47 Å². The van der Waals surface area contributed by atoms with Crippen molar-refractivity contribution in [1.29, 1.82) is 0 Å². The van der Waals surface area contributed by atoms with Crippen molar-refractivity contribution in [2.24, 2.45) is 0 Å². The molecule has 1 heterocycles. The molecule has 0 fully saturated rings. The maximum absolute atomic E-state index is 11.7. The van der Waals surface area contributed by atoms with Crippen LogP contribution in [0.15, 0.2) is 24.3 Å². The number of esters is 1. The molecular weight excluding hydrogens is 242 g/mol. The highest BCUT2D eigenvalue weighted by Crippen LogP contribution is 2.22. The normalized spacial score (nSPS) is 15.2. The Morgan fingerprint density at radius 1 is 1.42 bits per heavy atom. The van der Waals surface area contributed by atoms with E-state index in [1.54, 1.807) is 0 Å². The van der Waals surface area contributed by atoms with E-state index in [0.717, 1.165) is 37.2 Å². The highest BCUT2D eigenvalue weighted by Gasteiger charge is 2.17. The number of rotatable bonds is 5. The number of carbonyl (C=O) groups is 1. The number of fused-ring (bicyclic) bond motifs is 1. The van der Waals surface area contributed by atoms with E-state index in [4.69, 9.17) is 9.47 Å². The molecule has 0 aromatic heterocycles. The highest BCUT2D eigenvalue weighted by atomic mass is 16.5. The first-order valence-electron chi connectivity index (χ1n) is 6.88. The molecule has 19 heavy (non-hydrogen) atoms. The standard InChI is InChI=1S/C15H21NO3/c1-2-3-9-19-15(17)12-16-8-10-18-14-7-5-4-6-13(14)11-16/h4-7H,2-3,8-12H2,1H3. The molecule has 1 aromatic rings. The van der Waals surface area contributed by atoms with Crippen LogP contribution < -0.4 is 4.74 Å². The lowest BCUT2D eigenvalue weighted by Gasteiger charge is -2.18. The summed E-state index contributed by atoms with van der Waals surface area (Å²) in [6.07, 6.45) is 1.97. The Morgan fingerprint density at radius 2 is 2.26 bits per heavy atom. The van der Waals surface area contributed by atoms with E-state index in [-0.39, 0.29) is 5.97 Å². The van der Waals surface area contributed by atoms with Crippen LogP contribution in [-0.2, 0) is 16.1 Å². The minimum Gasteiger partial charge on any atom is -0.492 e. The summed E-state index contributed by atoms with van der Waals surface area (Å²) in [5, 5.41) is 0. The molecule has 1 aliphatic heterocycles. The first-order valence-corrected chi connectivity index (χ1v) is 6.88. The molecule has 4 nitrogen and oxygen atoms in total. The predicted molar refractivity (Wildman–Crippen MR) is 73.1 cm³/mol. The Bertz CT molecular complexity index is 420. The Labute approximate surface area is 114 Å². The minimum absolute atomic E-state index is 0.146. The van der Waals surface area contributed by atoms with Gasteiger partial charge in [0.1, 0.15) is 12.4 Å². The molecule has 0 bridgehead atoms. The van der Waals surface area contributed by atoms with Crippen molar-refractivity contribution < 1.29 is 14.3 Å². The monoisotopic (exact) mass is 263 g/mol. The summed E-state index contributed by atoms with van der Waals surface area (Å²) in [5.41, 5.74) is 1.13. The Hall–Kier alpha value is -1.55. The average molecular weight is 263 g/mol. The van der Waals surface area contributed by atoms with Crippen LogP contribution in [-0.4, -0.2) is 37.2 Å². The molecule has 0 radical (unpaired) electrons. The Balaban J connectivity index is 1.86. The zero-order valence-corrected chi connectivity index (χ0v) is 11.4. The number of benzene rings is 1. The molecule has 4 heteroatoms. The third-order valence-corrected chi connectivity index (χ3v) is 3.15. The summed E-state index contributed by atoms with van der Waals surface area (Å²) in [6.45, 7) is 5.03. The second kappa shape index (κ2) is 7.14. The van der Waals surface area contributed by atoms with E-state index in [0.29, 0.717) is 19.8 Å². The molecule has 0 saturated heterocycles. The fourth-order valence-corrected chi connectivity index (χ4v) is 2.07. The van der Waals surface area contributed by atoms with E-state index in [9.17, 15) is 4.79 Å². The first-order chi connectivity index (χ1) is 9.29. The van der Waals surface area contributed by atoms with E-state index in [1.165, 1.54) is 0 Å². The van der Waals surface area contributed by atoms with Crippen LogP contribution in [0.25, 0.3) is 0 Å². The van der Waals surface area contributed by atoms with Crippen molar-refractivity contribution in [3.8, 4) is 5.75 Å². The van der Waals surface area contributed by atoms with E-state index in [1.807, 2.05) is 24.3 Å². The van der Waals surface area contributed by atoms with Crippen molar-refractivity contribution in [3.63, 3.8) is 0 Å². The van der Waals surface area contributed by atoms with E-state index < -0.39 is 0 Å². The number of carbonyl (C=O) groups excluding carboxylic acids is 1. The molecule has 0 aliphatic carbocycles. The van der Waals surface area contributed by atoms with Crippen LogP contribution in [0.5, 0.6) is 5.75 Å². The van der Waals surface area contributed by atoms with Crippen molar-refractivity contribution in [3.05, 3.63) is 29.8 Å². The number of hydrogen-bond acceptors (Lipinski definition) is 4. The number of hydrogen-bond donors (Lipinski definition) is 0. The maximum atomic E-state index is 11.7. The van der Waals surface area contributed by atoms with Gasteiger partial charge in [-0.15, -0.1) is 0 Å². The van der Waals surface area contributed by atoms with Gasteiger partial charge in [0.2, 0.25) is 0 Å². The molecule has 2 rings (SSSR count). The predicted octanol–water partition coefficient (Wildman–Crippen LogP) is 2.22. The lowest BCUT2D eigenvalue weighted by molar-refractivity contribution is -0.145. The van der Waals surface area contributed by atoms with Gasteiger partial charge >= 0.3 is 5.97 Å². The van der Waals surface area contributed by atoms with Crippen LogP contribution in [0.4, 0.5) is 0 Å². The molecule has 0 amide bonds. The number of nitrogens with zero attached hydrogens (tertiary/aromatic N) is 1. The third-order valence-electron chi connectivity index (χ3n) is 3.15. The summed E-state index contributed by atoms with van der Waals surface area (Å²) in [7, 11) is 0. The van der Waals surface area contributed by atoms with Crippen molar-refractivity contribution >= 4 is 5.97 Å². The van der Waals surface area contributed by atoms with Gasteiger partial charge in [-0.1, -0.05) is 31.5 Å². The molecule has 0 unspecified atom stereocenters. The number of para-hydroxylation sites is 1. The van der Waals surface area contributed by atoms with Gasteiger partial charge in [0.15, 0.2) is 0 Å². The summed E-state index contributed by atoms with van der Waals surface area (Å²) in [4.78, 5) is 13.8. The molecule has 0 saturated carbocycles. The van der Waals surface area contributed by atoms with Gasteiger partial charge in [-0.2, -0.15) is 0 Å². The molecule has 0 atom stereocenters. The van der Waals surface area contributed by atoms with Crippen LogP contribution in [0.2, 0.25) is 0 Å².